The summed E-state index contributed by atoms with van der Waals surface area (Å²) in [5.41, 5.74) is 2.34. The Labute approximate surface area is 115 Å². The number of aromatic nitrogens is 2. The molecule has 1 heterocycles. The van der Waals surface area contributed by atoms with E-state index in [1.807, 2.05) is 13.0 Å². The average molecular weight is 258 g/mol. The summed E-state index contributed by atoms with van der Waals surface area (Å²) in [5, 5.41) is 10.8. The van der Waals surface area contributed by atoms with Crippen LogP contribution in [0.4, 0.5) is 5.82 Å². The molecule has 102 valence electrons. The van der Waals surface area contributed by atoms with Crippen molar-refractivity contribution >= 4 is 11.5 Å². The van der Waals surface area contributed by atoms with Gasteiger partial charge in [-0.25, -0.2) is 9.97 Å². The monoisotopic (exact) mass is 258 g/mol. The van der Waals surface area contributed by atoms with Crippen LogP contribution >= 0.6 is 0 Å². The number of anilines is 1. The van der Waals surface area contributed by atoms with Gasteiger partial charge >= 0.3 is 0 Å². The molecule has 0 aromatic carbocycles. The summed E-state index contributed by atoms with van der Waals surface area (Å²) in [4.78, 5) is 8.58. The SMILES string of the molecule is C=C(CCC)/C(=C/C(C)=N)Nc1ccnc(CC)n1. The van der Waals surface area contributed by atoms with Gasteiger partial charge in [0.05, 0.1) is 0 Å². The lowest BCUT2D eigenvalue weighted by Gasteiger charge is -2.13. The predicted molar refractivity (Wildman–Crippen MR) is 80.6 cm³/mol. The van der Waals surface area contributed by atoms with Crippen molar-refractivity contribution in [1.29, 1.82) is 5.41 Å². The van der Waals surface area contributed by atoms with Crippen LogP contribution in [0.25, 0.3) is 0 Å². The van der Waals surface area contributed by atoms with E-state index in [1.54, 1.807) is 19.2 Å². The standard InChI is InChI=1S/C15H22N4/c1-5-7-11(3)13(10-12(4)16)18-15-8-9-17-14(6-2)19-15/h8-10,16H,3,5-7H2,1-2,4H3,(H,17,18,19)/b13-10-,16-12?. The molecule has 1 aromatic rings. The molecule has 4 heteroatoms. The third-order valence-corrected chi connectivity index (χ3v) is 2.58. The van der Waals surface area contributed by atoms with Crippen LogP contribution in [0.2, 0.25) is 0 Å². The molecule has 19 heavy (non-hydrogen) atoms. The zero-order chi connectivity index (χ0) is 14.3. The van der Waals surface area contributed by atoms with Gasteiger partial charge in [-0.1, -0.05) is 26.8 Å². The van der Waals surface area contributed by atoms with Crippen LogP contribution in [0.15, 0.2) is 36.2 Å². The molecule has 0 aliphatic carbocycles. The highest BCUT2D eigenvalue weighted by Gasteiger charge is 2.05. The Hall–Kier alpha value is -1.97. The van der Waals surface area contributed by atoms with Crippen LogP contribution in [0.5, 0.6) is 0 Å². The number of nitrogens with one attached hydrogen (secondary N) is 2. The van der Waals surface area contributed by atoms with Crippen LogP contribution in [-0.4, -0.2) is 15.7 Å². The molecule has 0 amide bonds. The molecule has 0 saturated heterocycles. The normalized spacial score (nSPS) is 11.2. The Kier molecular flexibility index (Phi) is 5.93. The Balaban J connectivity index is 2.94. The molecule has 0 atom stereocenters. The molecule has 0 spiro atoms. The summed E-state index contributed by atoms with van der Waals surface area (Å²) in [6.07, 6.45) is 6.25. The maximum Gasteiger partial charge on any atom is 0.134 e. The van der Waals surface area contributed by atoms with E-state index in [1.165, 1.54) is 0 Å². The van der Waals surface area contributed by atoms with Gasteiger partial charge in [0.15, 0.2) is 0 Å². The number of nitrogens with zero attached hydrogens (tertiary/aromatic N) is 2. The van der Waals surface area contributed by atoms with Crippen molar-refractivity contribution in [2.45, 2.75) is 40.0 Å². The summed E-state index contributed by atoms with van der Waals surface area (Å²) in [6.45, 7) is 9.95. The first-order valence-corrected chi connectivity index (χ1v) is 6.60. The summed E-state index contributed by atoms with van der Waals surface area (Å²) in [5.74, 6) is 1.55. The minimum Gasteiger partial charge on any atom is -0.340 e. The van der Waals surface area contributed by atoms with Gasteiger partial charge in [-0.05, 0) is 31.1 Å². The molecular formula is C15H22N4. The van der Waals surface area contributed by atoms with Gasteiger partial charge in [-0.15, -0.1) is 0 Å². The summed E-state index contributed by atoms with van der Waals surface area (Å²) >= 11 is 0. The van der Waals surface area contributed by atoms with Gasteiger partial charge in [0, 0.05) is 24.0 Å². The highest BCUT2D eigenvalue weighted by Crippen LogP contribution is 2.16. The Morgan fingerprint density at radius 3 is 2.79 bits per heavy atom. The Morgan fingerprint density at radius 2 is 2.21 bits per heavy atom. The largest absolute Gasteiger partial charge is 0.340 e. The molecule has 0 bridgehead atoms. The van der Waals surface area contributed by atoms with Gasteiger partial charge in [0.1, 0.15) is 11.6 Å². The maximum absolute atomic E-state index is 7.60. The van der Waals surface area contributed by atoms with Crippen LogP contribution in [0.3, 0.4) is 0 Å². The number of hydrogen-bond acceptors (Lipinski definition) is 4. The lowest BCUT2D eigenvalue weighted by Crippen LogP contribution is -2.07. The highest BCUT2D eigenvalue weighted by atomic mass is 15.0. The predicted octanol–water partition coefficient (Wildman–Crippen LogP) is 3.73. The van der Waals surface area contributed by atoms with Crippen molar-refractivity contribution in [3.05, 3.63) is 42.0 Å². The van der Waals surface area contributed by atoms with Crippen LogP contribution in [-0.2, 0) is 6.42 Å². The van der Waals surface area contributed by atoms with Crippen molar-refractivity contribution < 1.29 is 0 Å². The molecule has 1 aromatic heterocycles. The number of aryl methyl sites for hydroxylation is 1. The third kappa shape index (κ3) is 5.04. The first kappa shape index (κ1) is 15.1. The van der Waals surface area contributed by atoms with Crippen LogP contribution in [0.1, 0.15) is 39.4 Å². The topological polar surface area (TPSA) is 61.7 Å². The second-order valence-electron chi connectivity index (χ2n) is 4.43. The van der Waals surface area contributed by atoms with Gasteiger partial charge < -0.3 is 10.7 Å². The molecule has 0 fully saturated rings. The molecule has 0 radical (unpaired) electrons. The Morgan fingerprint density at radius 1 is 1.47 bits per heavy atom. The van der Waals surface area contributed by atoms with E-state index in [2.05, 4.69) is 28.8 Å². The number of rotatable bonds is 7. The lowest BCUT2D eigenvalue weighted by molar-refractivity contribution is 0.911. The van der Waals surface area contributed by atoms with Gasteiger partial charge in [-0.2, -0.15) is 0 Å². The van der Waals surface area contributed by atoms with Gasteiger partial charge in [0.2, 0.25) is 0 Å². The minimum atomic E-state index is 0.490. The van der Waals surface area contributed by atoms with E-state index < -0.39 is 0 Å². The van der Waals surface area contributed by atoms with Crippen molar-refractivity contribution in [3.63, 3.8) is 0 Å². The molecular weight excluding hydrogens is 236 g/mol. The van der Waals surface area contributed by atoms with E-state index >= 15 is 0 Å². The second-order valence-corrected chi connectivity index (χ2v) is 4.43. The maximum atomic E-state index is 7.60. The van der Waals surface area contributed by atoms with Crippen molar-refractivity contribution in [1.82, 2.24) is 9.97 Å². The molecule has 0 unspecified atom stereocenters. The molecule has 0 aliphatic rings. The first-order valence-electron chi connectivity index (χ1n) is 6.60. The number of hydrogen-bond donors (Lipinski definition) is 2. The van der Waals surface area contributed by atoms with E-state index in [9.17, 15) is 0 Å². The third-order valence-electron chi connectivity index (χ3n) is 2.58. The summed E-state index contributed by atoms with van der Waals surface area (Å²) in [7, 11) is 0. The molecule has 4 nitrogen and oxygen atoms in total. The highest BCUT2D eigenvalue weighted by molar-refractivity contribution is 5.91. The number of allylic oxidation sites excluding steroid dienone is 2. The molecule has 0 aliphatic heterocycles. The summed E-state index contributed by atoms with van der Waals surface area (Å²) in [6, 6.07) is 1.82. The van der Waals surface area contributed by atoms with Gasteiger partial charge in [0.25, 0.3) is 0 Å². The zero-order valence-corrected chi connectivity index (χ0v) is 12.0. The molecule has 1 rings (SSSR count). The van der Waals surface area contributed by atoms with E-state index in [0.717, 1.165) is 42.2 Å². The van der Waals surface area contributed by atoms with Crippen molar-refractivity contribution in [3.8, 4) is 0 Å². The Bertz CT molecular complexity index is 489. The lowest BCUT2D eigenvalue weighted by atomic mass is 10.1. The van der Waals surface area contributed by atoms with Gasteiger partial charge in [-0.3, -0.25) is 0 Å². The second kappa shape index (κ2) is 7.46. The van der Waals surface area contributed by atoms with E-state index in [4.69, 9.17) is 5.41 Å². The molecule has 0 saturated carbocycles. The smallest absolute Gasteiger partial charge is 0.134 e. The fraction of sp³-hybridized carbons (Fsp3) is 0.400. The first-order chi connectivity index (χ1) is 9.06. The minimum absolute atomic E-state index is 0.490. The zero-order valence-electron chi connectivity index (χ0n) is 12.0. The summed E-state index contributed by atoms with van der Waals surface area (Å²) < 4.78 is 0. The fourth-order valence-corrected chi connectivity index (χ4v) is 1.66. The average Bonchev–Trinajstić information content (AvgIpc) is 2.38. The molecule has 2 N–H and O–H groups in total. The fourth-order valence-electron chi connectivity index (χ4n) is 1.66. The van der Waals surface area contributed by atoms with E-state index in [0.29, 0.717) is 5.71 Å². The quantitative estimate of drug-likeness (QED) is 0.578. The van der Waals surface area contributed by atoms with Crippen molar-refractivity contribution in [2.24, 2.45) is 0 Å². The van der Waals surface area contributed by atoms with Crippen molar-refractivity contribution in [2.75, 3.05) is 5.32 Å². The van der Waals surface area contributed by atoms with E-state index in [-0.39, 0.29) is 0 Å². The van der Waals surface area contributed by atoms with Crippen LogP contribution in [0, 0.1) is 5.41 Å². The van der Waals surface area contributed by atoms with Crippen LogP contribution < -0.4 is 5.32 Å².